The molecule has 3 aromatic rings. The molecule has 4 nitrogen and oxygen atoms in total. The molecule has 0 atom stereocenters. The second kappa shape index (κ2) is 9.19. The van der Waals surface area contributed by atoms with Crippen LogP contribution in [0.15, 0.2) is 73.1 Å². The van der Waals surface area contributed by atoms with Gasteiger partial charge in [-0.2, -0.15) is 0 Å². The van der Waals surface area contributed by atoms with Crippen LogP contribution in [0.5, 0.6) is 0 Å². The van der Waals surface area contributed by atoms with Crippen LogP contribution in [-0.4, -0.2) is 28.5 Å². The van der Waals surface area contributed by atoms with Crippen LogP contribution in [0.4, 0.5) is 0 Å². The Labute approximate surface area is 161 Å². The number of aromatic nitrogens is 1. The van der Waals surface area contributed by atoms with E-state index in [2.05, 4.69) is 30.9 Å². The zero-order chi connectivity index (χ0) is 19.1. The summed E-state index contributed by atoms with van der Waals surface area (Å²) in [6.07, 6.45) is 3.94. The van der Waals surface area contributed by atoms with Gasteiger partial charge in [-0.1, -0.05) is 38.1 Å². The fraction of sp³-hybridized carbons (Fsp3) is 0.261. The first-order valence-corrected chi connectivity index (χ1v) is 9.40. The zero-order valence-corrected chi connectivity index (χ0v) is 16.0. The van der Waals surface area contributed by atoms with E-state index in [0.717, 1.165) is 30.9 Å². The van der Waals surface area contributed by atoms with E-state index >= 15 is 0 Å². The summed E-state index contributed by atoms with van der Waals surface area (Å²) < 4.78 is 7.45. The van der Waals surface area contributed by atoms with Crippen LogP contribution in [0, 0.1) is 0 Å². The lowest BCUT2D eigenvalue weighted by Gasteiger charge is -2.18. The number of benzene rings is 2. The van der Waals surface area contributed by atoms with E-state index in [1.54, 1.807) is 12.1 Å². The molecule has 0 fully saturated rings. The molecule has 0 amide bonds. The second-order valence-corrected chi connectivity index (χ2v) is 6.49. The van der Waals surface area contributed by atoms with Crippen molar-refractivity contribution in [2.24, 2.45) is 0 Å². The summed E-state index contributed by atoms with van der Waals surface area (Å²) >= 11 is 0. The van der Waals surface area contributed by atoms with Gasteiger partial charge >= 0.3 is 5.97 Å². The van der Waals surface area contributed by atoms with E-state index in [1.165, 1.54) is 5.56 Å². The normalized spacial score (nSPS) is 10.9. The number of esters is 1. The first kappa shape index (κ1) is 18.9. The molecule has 0 spiro atoms. The zero-order valence-electron chi connectivity index (χ0n) is 16.0. The molecular weight excluding hydrogens is 336 g/mol. The van der Waals surface area contributed by atoms with E-state index in [9.17, 15) is 4.79 Å². The van der Waals surface area contributed by atoms with Gasteiger partial charge in [0.2, 0.25) is 0 Å². The van der Waals surface area contributed by atoms with Crippen molar-refractivity contribution in [1.82, 2.24) is 9.47 Å². The fourth-order valence-corrected chi connectivity index (χ4v) is 2.95. The van der Waals surface area contributed by atoms with Crippen LogP contribution in [0.2, 0.25) is 0 Å². The summed E-state index contributed by atoms with van der Waals surface area (Å²) in [5, 5.41) is 0. The van der Waals surface area contributed by atoms with Crippen LogP contribution in [0.25, 0.3) is 5.69 Å². The van der Waals surface area contributed by atoms with Gasteiger partial charge in [0, 0.05) is 24.6 Å². The van der Waals surface area contributed by atoms with Crippen LogP contribution >= 0.6 is 0 Å². The summed E-state index contributed by atoms with van der Waals surface area (Å²) in [4.78, 5) is 14.6. The van der Waals surface area contributed by atoms with Gasteiger partial charge in [0.25, 0.3) is 0 Å². The van der Waals surface area contributed by atoms with Gasteiger partial charge < -0.3 is 9.30 Å². The molecular formula is C23H26N2O2. The Balaban J connectivity index is 1.54. The predicted molar refractivity (Wildman–Crippen MR) is 108 cm³/mol. The summed E-state index contributed by atoms with van der Waals surface area (Å²) in [7, 11) is 0. The Bertz CT molecular complexity index is 833. The van der Waals surface area contributed by atoms with Crippen LogP contribution in [0.1, 0.15) is 35.3 Å². The van der Waals surface area contributed by atoms with Gasteiger partial charge in [-0.05, 0) is 60.6 Å². The predicted octanol–water partition coefficient (Wildman–Crippen LogP) is 4.68. The maximum absolute atomic E-state index is 12.3. The van der Waals surface area contributed by atoms with Crippen molar-refractivity contribution in [2.45, 2.75) is 27.0 Å². The monoisotopic (exact) mass is 362 g/mol. The molecule has 0 aliphatic carbocycles. The number of nitrogens with zero attached hydrogens (tertiary/aromatic N) is 2. The Morgan fingerprint density at radius 3 is 2.07 bits per heavy atom. The van der Waals surface area contributed by atoms with Crippen molar-refractivity contribution in [2.75, 3.05) is 13.1 Å². The molecule has 140 valence electrons. The minimum Gasteiger partial charge on any atom is -0.457 e. The number of carbonyl (C=O) groups excluding carboxylic acids is 1. The van der Waals surface area contributed by atoms with E-state index < -0.39 is 0 Å². The van der Waals surface area contributed by atoms with Gasteiger partial charge in [0.1, 0.15) is 6.61 Å². The molecule has 0 unspecified atom stereocenters. The number of ether oxygens (including phenoxy) is 1. The number of hydrogen-bond donors (Lipinski definition) is 0. The van der Waals surface area contributed by atoms with Gasteiger partial charge in [-0.15, -0.1) is 0 Å². The average Bonchev–Trinajstić information content (AvgIpc) is 3.26. The topological polar surface area (TPSA) is 34.5 Å². The third kappa shape index (κ3) is 5.08. The highest BCUT2D eigenvalue weighted by Gasteiger charge is 2.08. The first-order valence-electron chi connectivity index (χ1n) is 9.40. The lowest BCUT2D eigenvalue weighted by atomic mass is 10.1. The van der Waals surface area contributed by atoms with Crippen LogP contribution < -0.4 is 0 Å². The molecule has 0 saturated heterocycles. The average molecular weight is 362 g/mol. The van der Waals surface area contributed by atoms with Gasteiger partial charge in [-0.25, -0.2) is 4.79 Å². The largest absolute Gasteiger partial charge is 0.457 e. The Morgan fingerprint density at radius 1 is 0.889 bits per heavy atom. The second-order valence-electron chi connectivity index (χ2n) is 6.49. The molecule has 3 rings (SSSR count). The van der Waals surface area contributed by atoms with Gasteiger partial charge in [-0.3, -0.25) is 4.90 Å². The van der Waals surface area contributed by atoms with Crippen LogP contribution in [-0.2, 0) is 17.9 Å². The van der Waals surface area contributed by atoms with E-state index in [1.807, 2.05) is 53.4 Å². The maximum Gasteiger partial charge on any atom is 0.338 e. The van der Waals surface area contributed by atoms with Crippen molar-refractivity contribution >= 4 is 5.97 Å². The Kier molecular flexibility index (Phi) is 6.44. The fourth-order valence-electron chi connectivity index (χ4n) is 2.95. The number of rotatable bonds is 8. The summed E-state index contributed by atoms with van der Waals surface area (Å²) in [6.45, 7) is 7.65. The van der Waals surface area contributed by atoms with Gasteiger partial charge in [0.05, 0.1) is 5.56 Å². The SMILES string of the molecule is CCN(CC)Cc1ccc(COC(=O)c2ccc(-n3cccc3)cc2)cc1. The number of carbonyl (C=O) groups is 1. The van der Waals surface area contributed by atoms with E-state index in [0.29, 0.717) is 5.56 Å². The van der Waals surface area contributed by atoms with Crippen molar-refractivity contribution in [3.63, 3.8) is 0 Å². The lowest BCUT2D eigenvalue weighted by Crippen LogP contribution is -2.22. The summed E-state index contributed by atoms with van der Waals surface area (Å²) in [5.41, 5.74) is 3.84. The van der Waals surface area contributed by atoms with Gasteiger partial charge in [0.15, 0.2) is 0 Å². The molecule has 0 saturated carbocycles. The molecule has 2 aromatic carbocycles. The third-order valence-electron chi connectivity index (χ3n) is 4.70. The smallest absolute Gasteiger partial charge is 0.338 e. The maximum atomic E-state index is 12.3. The van der Waals surface area contributed by atoms with Crippen molar-refractivity contribution in [3.05, 3.63) is 89.7 Å². The van der Waals surface area contributed by atoms with Crippen molar-refractivity contribution in [1.29, 1.82) is 0 Å². The molecule has 0 aliphatic heterocycles. The molecule has 0 radical (unpaired) electrons. The van der Waals surface area contributed by atoms with Crippen LogP contribution in [0.3, 0.4) is 0 Å². The first-order chi connectivity index (χ1) is 13.2. The van der Waals surface area contributed by atoms with Crippen molar-refractivity contribution < 1.29 is 9.53 Å². The Morgan fingerprint density at radius 2 is 1.48 bits per heavy atom. The Hall–Kier alpha value is -2.85. The highest BCUT2D eigenvalue weighted by atomic mass is 16.5. The lowest BCUT2D eigenvalue weighted by molar-refractivity contribution is 0.0472. The molecule has 1 aromatic heterocycles. The standard InChI is InChI=1S/C23H26N2O2/c1-3-24(4-2)17-19-7-9-20(10-8-19)18-27-23(26)21-11-13-22(14-12-21)25-15-5-6-16-25/h5-16H,3-4,17-18H2,1-2H3. The quantitative estimate of drug-likeness (QED) is 0.546. The van der Waals surface area contributed by atoms with Crippen molar-refractivity contribution in [3.8, 4) is 5.69 Å². The minimum absolute atomic E-state index is 0.281. The molecule has 0 N–H and O–H groups in total. The minimum atomic E-state index is -0.304. The molecule has 1 heterocycles. The molecule has 27 heavy (non-hydrogen) atoms. The molecule has 4 heteroatoms. The summed E-state index contributed by atoms with van der Waals surface area (Å²) in [6, 6.07) is 19.6. The van der Waals surface area contributed by atoms with E-state index in [4.69, 9.17) is 4.74 Å². The number of hydrogen-bond acceptors (Lipinski definition) is 3. The highest BCUT2D eigenvalue weighted by molar-refractivity contribution is 5.89. The molecule has 0 bridgehead atoms. The van der Waals surface area contributed by atoms with E-state index in [-0.39, 0.29) is 12.6 Å². The third-order valence-corrected chi connectivity index (χ3v) is 4.70. The summed E-state index contributed by atoms with van der Waals surface area (Å²) in [5.74, 6) is -0.304. The highest BCUT2D eigenvalue weighted by Crippen LogP contribution is 2.13. The molecule has 0 aliphatic rings.